The van der Waals surface area contributed by atoms with Crippen molar-refractivity contribution in [1.82, 2.24) is 9.78 Å². The van der Waals surface area contributed by atoms with Crippen LogP contribution < -0.4 is 4.74 Å². The molecule has 90 valence electrons. The molecule has 0 bridgehead atoms. The number of benzene rings is 1. The molecule has 2 aromatic rings. The van der Waals surface area contributed by atoms with Gasteiger partial charge in [0.2, 0.25) is 0 Å². The SMILES string of the molecule is COc1ccc(C)cc1C(O)c1ccnn1C. The number of hydrogen-bond acceptors (Lipinski definition) is 3. The van der Waals surface area contributed by atoms with Gasteiger partial charge in [-0.2, -0.15) is 5.10 Å². The number of aliphatic hydroxyl groups is 1. The summed E-state index contributed by atoms with van der Waals surface area (Å²) in [6.07, 6.45) is 0.943. The van der Waals surface area contributed by atoms with Crippen molar-refractivity contribution in [3.63, 3.8) is 0 Å². The van der Waals surface area contributed by atoms with E-state index in [9.17, 15) is 5.11 Å². The number of rotatable bonds is 3. The van der Waals surface area contributed by atoms with Gasteiger partial charge in [0, 0.05) is 18.8 Å². The molecule has 17 heavy (non-hydrogen) atoms. The van der Waals surface area contributed by atoms with Crippen LogP contribution in [-0.2, 0) is 7.05 Å². The lowest BCUT2D eigenvalue weighted by Gasteiger charge is -2.15. The van der Waals surface area contributed by atoms with Crippen LogP contribution in [0.2, 0.25) is 0 Å². The van der Waals surface area contributed by atoms with Crippen LogP contribution in [0.5, 0.6) is 5.75 Å². The van der Waals surface area contributed by atoms with E-state index in [0.29, 0.717) is 5.75 Å². The quantitative estimate of drug-likeness (QED) is 0.878. The Morgan fingerprint density at radius 1 is 1.35 bits per heavy atom. The van der Waals surface area contributed by atoms with Crippen LogP contribution in [0.1, 0.15) is 22.9 Å². The Morgan fingerprint density at radius 2 is 2.12 bits per heavy atom. The molecular formula is C13H16N2O2. The summed E-state index contributed by atoms with van der Waals surface area (Å²) < 4.78 is 6.93. The third-order valence-electron chi connectivity index (χ3n) is 2.82. The topological polar surface area (TPSA) is 47.3 Å². The zero-order valence-electron chi connectivity index (χ0n) is 10.2. The van der Waals surface area contributed by atoms with Crippen LogP contribution >= 0.6 is 0 Å². The highest BCUT2D eigenvalue weighted by atomic mass is 16.5. The number of nitrogens with zero attached hydrogens (tertiary/aromatic N) is 2. The van der Waals surface area contributed by atoms with Gasteiger partial charge in [0.05, 0.1) is 12.8 Å². The van der Waals surface area contributed by atoms with Gasteiger partial charge in [-0.15, -0.1) is 0 Å². The van der Waals surface area contributed by atoms with Crippen LogP contribution in [0.3, 0.4) is 0 Å². The Kier molecular flexibility index (Phi) is 3.15. The zero-order valence-corrected chi connectivity index (χ0v) is 10.2. The molecule has 1 unspecified atom stereocenters. The third-order valence-corrected chi connectivity index (χ3v) is 2.82. The van der Waals surface area contributed by atoms with Crippen LogP contribution in [0, 0.1) is 6.92 Å². The molecular weight excluding hydrogens is 216 g/mol. The second-order valence-corrected chi connectivity index (χ2v) is 4.03. The van der Waals surface area contributed by atoms with E-state index in [1.54, 1.807) is 31.1 Å². The first-order valence-electron chi connectivity index (χ1n) is 5.44. The fourth-order valence-electron chi connectivity index (χ4n) is 1.88. The molecule has 0 aliphatic carbocycles. The van der Waals surface area contributed by atoms with Gasteiger partial charge in [-0.3, -0.25) is 4.68 Å². The van der Waals surface area contributed by atoms with E-state index in [2.05, 4.69) is 5.10 Å². The predicted octanol–water partition coefficient (Wildman–Crippen LogP) is 1.82. The summed E-state index contributed by atoms with van der Waals surface area (Å²) >= 11 is 0. The van der Waals surface area contributed by atoms with Crippen molar-refractivity contribution in [1.29, 1.82) is 0 Å². The molecule has 1 aromatic carbocycles. The number of aromatic nitrogens is 2. The Morgan fingerprint density at radius 3 is 2.71 bits per heavy atom. The Labute approximate surface area is 100 Å². The lowest BCUT2D eigenvalue weighted by atomic mass is 10.0. The zero-order chi connectivity index (χ0) is 12.4. The first kappa shape index (κ1) is 11.7. The molecule has 1 heterocycles. The lowest BCUT2D eigenvalue weighted by Crippen LogP contribution is -2.08. The van der Waals surface area contributed by atoms with E-state index >= 15 is 0 Å². The van der Waals surface area contributed by atoms with Crippen molar-refractivity contribution in [2.75, 3.05) is 7.11 Å². The highest BCUT2D eigenvalue weighted by Gasteiger charge is 2.18. The van der Waals surface area contributed by atoms with E-state index in [4.69, 9.17) is 4.74 Å². The number of hydrogen-bond donors (Lipinski definition) is 1. The molecule has 0 fully saturated rings. The molecule has 4 nitrogen and oxygen atoms in total. The molecule has 1 aromatic heterocycles. The summed E-state index contributed by atoms with van der Waals surface area (Å²) in [5.74, 6) is 0.685. The van der Waals surface area contributed by atoms with Crippen molar-refractivity contribution in [3.05, 3.63) is 47.3 Å². The average molecular weight is 232 g/mol. The molecule has 0 saturated carbocycles. The molecule has 2 rings (SSSR count). The summed E-state index contributed by atoms with van der Waals surface area (Å²) in [6.45, 7) is 1.99. The summed E-state index contributed by atoms with van der Waals surface area (Å²) in [4.78, 5) is 0. The van der Waals surface area contributed by atoms with Gasteiger partial charge >= 0.3 is 0 Å². The maximum atomic E-state index is 10.4. The van der Waals surface area contributed by atoms with E-state index in [0.717, 1.165) is 16.8 Å². The molecule has 4 heteroatoms. The van der Waals surface area contributed by atoms with Crippen LogP contribution in [0.4, 0.5) is 0 Å². The molecule has 0 saturated heterocycles. The molecule has 0 aliphatic heterocycles. The van der Waals surface area contributed by atoms with Crippen LogP contribution in [-0.4, -0.2) is 22.0 Å². The van der Waals surface area contributed by atoms with Gasteiger partial charge in [0.25, 0.3) is 0 Å². The van der Waals surface area contributed by atoms with E-state index in [-0.39, 0.29) is 0 Å². The van der Waals surface area contributed by atoms with Gasteiger partial charge in [-0.25, -0.2) is 0 Å². The highest BCUT2D eigenvalue weighted by molar-refractivity contribution is 5.41. The first-order valence-corrected chi connectivity index (χ1v) is 5.44. The van der Waals surface area contributed by atoms with Crippen molar-refractivity contribution < 1.29 is 9.84 Å². The molecule has 0 spiro atoms. The first-order chi connectivity index (χ1) is 8.13. The fraction of sp³-hybridized carbons (Fsp3) is 0.308. The minimum atomic E-state index is -0.725. The van der Waals surface area contributed by atoms with Crippen molar-refractivity contribution in [3.8, 4) is 5.75 Å². The molecule has 1 N–H and O–H groups in total. The Hall–Kier alpha value is -1.81. The van der Waals surface area contributed by atoms with Crippen molar-refractivity contribution >= 4 is 0 Å². The van der Waals surface area contributed by atoms with Gasteiger partial charge in [0.15, 0.2) is 0 Å². The van der Waals surface area contributed by atoms with Gasteiger partial charge < -0.3 is 9.84 Å². The lowest BCUT2D eigenvalue weighted by molar-refractivity contribution is 0.204. The van der Waals surface area contributed by atoms with Crippen molar-refractivity contribution in [2.24, 2.45) is 7.05 Å². The van der Waals surface area contributed by atoms with Gasteiger partial charge in [0.1, 0.15) is 11.9 Å². The van der Waals surface area contributed by atoms with E-state index in [1.807, 2.05) is 25.1 Å². The van der Waals surface area contributed by atoms with Crippen molar-refractivity contribution in [2.45, 2.75) is 13.0 Å². The minimum Gasteiger partial charge on any atom is -0.496 e. The molecule has 0 amide bonds. The number of methoxy groups -OCH3 is 1. The predicted molar refractivity (Wildman–Crippen MR) is 65.0 cm³/mol. The summed E-state index contributed by atoms with van der Waals surface area (Å²) in [5.41, 5.74) is 2.59. The second kappa shape index (κ2) is 4.59. The van der Waals surface area contributed by atoms with Crippen LogP contribution in [0.25, 0.3) is 0 Å². The summed E-state index contributed by atoms with van der Waals surface area (Å²) in [5, 5.41) is 14.4. The normalized spacial score (nSPS) is 12.5. The number of aryl methyl sites for hydroxylation is 2. The maximum absolute atomic E-state index is 10.4. The minimum absolute atomic E-state index is 0.685. The highest BCUT2D eigenvalue weighted by Crippen LogP contribution is 2.30. The number of ether oxygens (including phenoxy) is 1. The molecule has 1 atom stereocenters. The smallest absolute Gasteiger partial charge is 0.125 e. The standard InChI is InChI=1S/C13H16N2O2/c1-9-4-5-12(17-3)10(8-9)13(16)11-6-7-14-15(11)2/h4-8,13,16H,1-3H3. The monoisotopic (exact) mass is 232 g/mol. The molecule has 0 radical (unpaired) electrons. The summed E-state index contributed by atoms with van der Waals surface area (Å²) in [6, 6.07) is 7.55. The fourth-order valence-corrected chi connectivity index (χ4v) is 1.88. The number of aliphatic hydroxyl groups excluding tert-OH is 1. The summed E-state index contributed by atoms with van der Waals surface area (Å²) in [7, 11) is 3.41. The second-order valence-electron chi connectivity index (χ2n) is 4.03. The van der Waals surface area contributed by atoms with Gasteiger partial charge in [-0.05, 0) is 25.1 Å². The van der Waals surface area contributed by atoms with E-state index < -0.39 is 6.10 Å². The Bertz CT molecular complexity index is 520. The van der Waals surface area contributed by atoms with E-state index in [1.165, 1.54) is 0 Å². The van der Waals surface area contributed by atoms with Gasteiger partial charge in [-0.1, -0.05) is 11.6 Å². The third kappa shape index (κ3) is 2.17. The maximum Gasteiger partial charge on any atom is 0.125 e. The Balaban J connectivity index is 2.46. The molecule has 0 aliphatic rings. The average Bonchev–Trinajstić information content (AvgIpc) is 2.74. The largest absolute Gasteiger partial charge is 0.496 e. The van der Waals surface area contributed by atoms with Crippen LogP contribution in [0.15, 0.2) is 30.5 Å².